The van der Waals surface area contributed by atoms with Crippen LogP contribution in [0.3, 0.4) is 0 Å². The maximum atomic E-state index is 5.85. The molecule has 0 aromatic heterocycles. The SMILES string of the molecule is CCCCCCCCC[Si](OCC)(OCC)OCC.CCCCCCCC[Si](OCC)(OCC)OCC. The minimum absolute atomic E-state index is 0.683. The maximum Gasteiger partial charge on any atom is 0.500 e. The van der Waals surface area contributed by atoms with Crippen LogP contribution in [0.2, 0.25) is 12.1 Å². The van der Waals surface area contributed by atoms with E-state index in [9.17, 15) is 0 Å². The van der Waals surface area contributed by atoms with Gasteiger partial charge in [-0.15, -0.1) is 0 Å². The van der Waals surface area contributed by atoms with E-state index in [-0.39, 0.29) is 0 Å². The molecule has 0 aromatic carbocycles. The van der Waals surface area contributed by atoms with E-state index >= 15 is 0 Å². The Bertz CT molecular complexity index is 409. The normalized spacial score (nSPS) is 12.0. The molecule has 0 aliphatic rings. The highest BCUT2D eigenvalue weighted by Gasteiger charge is 2.40. The van der Waals surface area contributed by atoms with Crippen LogP contribution in [-0.4, -0.2) is 57.3 Å². The predicted molar refractivity (Wildman–Crippen MR) is 162 cm³/mol. The van der Waals surface area contributed by atoms with Gasteiger partial charge in [0.05, 0.1) is 0 Å². The quantitative estimate of drug-likeness (QED) is 0.0729. The molecule has 0 spiro atoms. The highest BCUT2D eigenvalue weighted by atomic mass is 28.4. The van der Waals surface area contributed by atoms with Gasteiger partial charge in [0.2, 0.25) is 0 Å². The van der Waals surface area contributed by atoms with Crippen LogP contribution in [-0.2, 0) is 26.6 Å². The molecule has 0 bridgehead atoms. The molecule has 0 heterocycles. The summed E-state index contributed by atoms with van der Waals surface area (Å²) >= 11 is 0. The lowest BCUT2D eigenvalue weighted by Gasteiger charge is -2.28. The average molecular weight is 567 g/mol. The van der Waals surface area contributed by atoms with Crippen molar-refractivity contribution in [3.63, 3.8) is 0 Å². The predicted octanol–water partition coefficient (Wildman–Crippen LogP) is 9.18. The van der Waals surface area contributed by atoms with Crippen molar-refractivity contribution in [2.45, 2.75) is 151 Å². The first-order chi connectivity index (χ1) is 18.0. The van der Waals surface area contributed by atoms with Crippen LogP contribution in [0.4, 0.5) is 0 Å². The lowest BCUT2D eigenvalue weighted by Crippen LogP contribution is -2.45. The van der Waals surface area contributed by atoms with E-state index in [0.29, 0.717) is 39.6 Å². The summed E-state index contributed by atoms with van der Waals surface area (Å²) in [7, 11) is -4.73. The van der Waals surface area contributed by atoms with Crippen LogP contribution in [0.15, 0.2) is 0 Å². The molecule has 0 N–H and O–H groups in total. The molecule has 226 valence electrons. The average Bonchev–Trinajstić information content (AvgIpc) is 2.87. The van der Waals surface area contributed by atoms with Crippen LogP contribution < -0.4 is 0 Å². The molecule has 6 nitrogen and oxygen atoms in total. The van der Waals surface area contributed by atoms with E-state index in [1.54, 1.807) is 0 Å². The largest absolute Gasteiger partial charge is 0.500 e. The van der Waals surface area contributed by atoms with Gasteiger partial charge in [0.1, 0.15) is 0 Å². The molecular weight excluding hydrogens is 500 g/mol. The van der Waals surface area contributed by atoms with Gasteiger partial charge in [0.25, 0.3) is 0 Å². The van der Waals surface area contributed by atoms with Crippen molar-refractivity contribution in [2.24, 2.45) is 0 Å². The molecule has 0 rings (SSSR count). The molecule has 0 aliphatic carbocycles. The fraction of sp³-hybridized carbons (Fsp3) is 1.00. The molecule has 8 heteroatoms. The topological polar surface area (TPSA) is 55.4 Å². The zero-order valence-electron chi connectivity index (χ0n) is 26.3. The van der Waals surface area contributed by atoms with Crippen LogP contribution >= 0.6 is 0 Å². The lowest BCUT2D eigenvalue weighted by atomic mass is 10.1. The first kappa shape index (κ1) is 39.3. The Balaban J connectivity index is 0. The van der Waals surface area contributed by atoms with Crippen molar-refractivity contribution in [3.8, 4) is 0 Å². The maximum absolute atomic E-state index is 5.85. The molecule has 0 atom stereocenters. The number of hydrogen-bond acceptors (Lipinski definition) is 6. The summed E-state index contributed by atoms with van der Waals surface area (Å²) in [5, 5.41) is 0. The first-order valence-corrected chi connectivity index (χ1v) is 19.7. The highest BCUT2D eigenvalue weighted by Crippen LogP contribution is 2.22. The van der Waals surface area contributed by atoms with Crippen molar-refractivity contribution in [1.29, 1.82) is 0 Å². The summed E-state index contributed by atoms with van der Waals surface area (Å²) in [6.45, 7) is 20.7. The van der Waals surface area contributed by atoms with E-state index in [1.165, 1.54) is 77.0 Å². The van der Waals surface area contributed by atoms with Crippen LogP contribution in [0.5, 0.6) is 0 Å². The molecule has 0 unspecified atom stereocenters. The van der Waals surface area contributed by atoms with Gasteiger partial charge in [-0.05, 0) is 54.4 Å². The summed E-state index contributed by atoms with van der Waals surface area (Å²) in [5.74, 6) is 0. The molecule has 37 heavy (non-hydrogen) atoms. The van der Waals surface area contributed by atoms with Crippen LogP contribution in [0.25, 0.3) is 0 Å². The lowest BCUT2D eigenvalue weighted by molar-refractivity contribution is 0.0698. The second-order valence-electron chi connectivity index (χ2n) is 9.35. The fourth-order valence-electron chi connectivity index (χ4n) is 4.42. The third-order valence-electron chi connectivity index (χ3n) is 6.11. The van der Waals surface area contributed by atoms with Crippen molar-refractivity contribution < 1.29 is 26.6 Å². The van der Waals surface area contributed by atoms with Gasteiger partial charge in [-0.1, -0.05) is 84.5 Å². The van der Waals surface area contributed by atoms with Gasteiger partial charge < -0.3 is 26.6 Å². The summed E-state index contributed by atoms with van der Waals surface area (Å²) < 4.78 is 35.0. The summed E-state index contributed by atoms with van der Waals surface area (Å²) in [6, 6.07) is 1.94. The highest BCUT2D eigenvalue weighted by molar-refractivity contribution is 6.61. The first-order valence-electron chi connectivity index (χ1n) is 15.8. The zero-order chi connectivity index (χ0) is 28.1. The van der Waals surface area contributed by atoms with Crippen molar-refractivity contribution in [2.75, 3.05) is 39.6 Å². The van der Waals surface area contributed by atoms with Gasteiger partial charge in [-0.25, -0.2) is 0 Å². The molecular formula is C29H66O6Si2. The van der Waals surface area contributed by atoms with Gasteiger partial charge in [-0.2, -0.15) is 0 Å². The Hall–Kier alpha value is 0.194. The molecule has 0 aromatic rings. The van der Waals surface area contributed by atoms with Crippen molar-refractivity contribution in [1.82, 2.24) is 0 Å². The summed E-state index contributed by atoms with van der Waals surface area (Å²) in [5.41, 5.74) is 0. The Kier molecular flexibility index (Phi) is 31.0. The monoisotopic (exact) mass is 566 g/mol. The Morgan fingerprint density at radius 1 is 0.297 bits per heavy atom. The van der Waals surface area contributed by atoms with Gasteiger partial charge in [0.15, 0.2) is 0 Å². The smallest absolute Gasteiger partial charge is 0.374 e. The molecule has 0 aliphatic heterocycles. The molecule has 0 amide bonds. The van der Waals surface area contributed by atoms with Crippen molar-refractivity contribution in [3.05, 3.63) is 0 Å². The number of rotatable bonds is 27. The number of hydrogen-bond donors (Lipinski definition) is 0. The molecule has 0 fully saturated rings. The summed E-state index contributed by atoms with van der Waals surface area (Å²) in [6.07, 6.45) is 16.9. The Labute approximate surface area is 234 Å². The minimum Gasteiger partial charge on any atom is -0.374 e. The van der Waals surface area contributed by atoms with Crippen LogP contribution in [0, 0.1) is 0 Å². The van der Waals surface area contributed by atoms with Gasteiger partial charge in [-0.3, -0.25) is 0 Å². The summed E-state index contributed by atoms with van der Waals surface area (Å²) in [4.78, 5) is 0. The van der Waals surface area contributed by atoms with Gasteiger partial charge >= 0.3 is 17.6 Å². The van der Waals surface area contributed by atoms with Crippen molar-refractivity contribution >= 4 is 17.6 Å². The van der Waals surface area contributed by atoms with E-state index in [2.05, 4.69) is 13.8 Å². The molecule has 0 saturated heterocycles. The third kappa shape index (κ3) is 22.7. The minimum atomic E-state index is -2.37. The van der Waals surface area contributed by atoms with E-state index in [1.807, 2.05) is 41.5 Å². The van der Waals surface area contributed by atoms with E-state index in [4.69, 9.17) is 26.6 Å². The van der Waals surface area contributed by atoms with E-state index in [0.717, 1.165) is 18.5 Å². The van der Waals surface area contributed by atoms with Gasteiger partial charge in [0, 0.05) is 51.7 Å². The third-order valence-corrected chi connectivity index (χ3v) is 12.4. The zero-order valence-corrected chi connectivity index (χ0v) is 28.3. The van der Waals surface area contributed by atoms with Crippen LogP contribution in [0.1, 0.15) is 139 Å². The fourth-order valence-corrected chi connectivity index (χ4v) is 9.79. The Morgan fingerprint density at radius 3 is 0.730 bits per heavy atom. The molecule has 0 saturated carbocycles. The number of unbranched alkanes of at least 4 members (excludes halogenated alkanes) is 11. The Morgan fingerprint density at radius 2 is 0.514 bits per heavy atom. The van der Waals surface area contributed by atoms with E-state index < -0.39 is 17.6 Å². The molecule has 0 radical (unpaired) electrons. The standard InChI is InChI=1S/C15H34O3Si.C14H32O3Si/c1-5-9-10-11-12-13-14-15-19(16-6-2,17-7-3)18-8-4;1-5-9-10-11-12-13-14-18(15-6-2,16-7-3)17-8-4/h5-15H2,1-4H3;5-14H2,1-4H3. The second kappa shape index (κ2) is 29.2. The second-order valence-corrected chi connectivity index (χ2v) is 14.8.